The molecule has 0 radical (unpaired) electrons. The highest BCUT2D eigenvalue weighted by atomic mass is 32.2. The van der Waals surface area contributed by atoms with Crippen molar-refractivity contribution in [1.82, 2.24) is 5.32 Å². The van der Waals surface area contributed by atoms with Gasteiger partial charge in [0.1, 0.15) is 6.61 Å². The van der Waals surface area contributed by atoms with Crippen molar-refractivity contribution in [1.29, 1.82) is 0 Å². The summed E-state index contributed by atoms with van der Waals surface area (Å²) in [5.74, 6) is 0.894. The SMILES string of the molecule is CCS(=O)CCNCC(C)C(=O)OCc1ccccc1. The second kappa shape index (κ2) is 9.66. The summed E-state index contributed by atoms with van der Waals surface area (Å²) in [6, 6.07) is 9.62. The molecule has 2 unspecified atom stereocenters. The summed E-state index contributed by atoms with van der Waals surface area (Å²) in [6.07, 6.45) is 0. The molecule has 0 aliphatic heterocycles. The Morgan fingerprint density at radius 2 is 2.05 bits per heavy atom. The zero-order valence-electron chi connectivity index (χ0n) is 12.1. The minimum Gasteiger partial charge on any atom is -0.461 e. The molecule has 112 valence electrons. The van der Waals surface area contributed by atoms with Gasteiger partial charge < -0.3 is 10.1 Å². The monoisotopic (exact) mass is 297 g/mol. The van der Waals surface area contributed by atoms with Crippen LogP contribution in [0.5, 0.6) is 0 Å². The lowest BCUT2D eigenvalue weighted by molar-refractivity contribution is -0.149. The molecule has 0 spiro atoms. The number of hydrogen-bond acceptors (Lipinski definition) is 4. The highest BCUT2D eigenvalue weighted by Crippen LogP contribution is 2.04. The van der Waals surface area contributed by atoms with Gasteiger partial charge in [-0.2, -0.15) is 0 Å². The molecule has 0 saturated carbocycles. The maximum Gasteiger partial charge on any atom is 0.310 e. The third-order valence-corrected chi connectivity index (χ3v) is 4.21. The molecule has 0 fully saturated rings. The van der Waals surface area contributed by atoms with Crippen molar-refractivity contribution in [2.75, 3.05) is 24.6 Å². The summed E-state index contributed by atoms with van der Waals surface area (Å²) in [5.41, 5.74) is 0.986. The fourth-order valence-electron chi connectivity index (χ4n) is 1.60. The van der Waals surface area contributed by atoms with E-state index in [0.717, 1.165) is 5.56 Å². The van der Waals surface area contributed by atoms with E-state index in [1.165, 1.54) is 0 Å². The van der Waals surface area contributed by atoms with Gasteiger partial charge in [0.05, 0.1) is 5.92 Å². The zero-order chi connectivity index (χ0) is 14.8. The van der Waals surface area contributed by atoms with Crippen LogP contribution < -0.4 is 5.32 Å². The van der Waals surface area contributed by atoms with Gasteiger partial charge in [-0.3, -0.25) is 9.00 Å². The van der Waals surface area contributed by atoms with Crippen LogP contribution >= 0.6 is 0 Å². The number of hydrogen-bond donors (Lipinski definition) is 1. The average Bonchev–Trinajstić information content (AvgIpc) is 2.49. The molecule has 20 heavy (non-hydrogen) atoms. The molecular formula is C15H23NO3S. The van der Waals surface area contributed by atoms with Crippen molar-refractivity contribution in [2.45, 2.75) is 20.5 Å². The molecule has 0 bridgehead atoms. The first-order valence-corrected chi connectivity index (χ1v) is 8.38. The summed E-state index contributed by atoms with van der Waals surface area (Å²) in [5, 5.41) is 3.14. The van der Waals surface area contributed by atoms with Crippen molar-refractivity contribution in [3.8, 4) is 0 Å². The van der Waals surface area contributed by atoms with Gasteiger partial charge in [0.15, 0.2) is 0 Å². The van der Waals surface area contributed by atoms with E-state index < -0.39 is 10.8 Å². The standard InChI is InChI=1S/C15H23NO3S/c1-3-20(18)10-9-16-11-13(2)15(17)19-12-14-7-5-4-6-8-14/h4-8,13,16H,3,9-12H2,1-2H3. The van der Waals surface area contributed by atoms with E-state index in [9.17, 15) is 9.00 Å². The predicted octanol–water partition coefficient (Wildman–Crippen LogP) is 1.72. The second-order valence-corrected chi connectivity index (χ2v) is 6.50. The van der Waals surface area contributed by atoms with Crippen LogP contribution in [0, 0.1) is 5.92 Å². The zero-order valence-corrected chi connectivity index (χ0v) is 12.9. The first-order chi connectivity index (χ1) is 9.63. The van der Waals surface area contributed by atoms with E-state index in [2.05, 4.69) is 5.32 Å². The van der Waals surface area contributed by atoms with E-state index in [0.29, 0.717) is 31.2 Å². The molecule has 2 atom stereocenters. The normalized spacial score (nSPS) is 13.7. The number of benzene rings is 1. The number of rotatable bonds is 9. The fraction of sp³-hybridized carbons (Fsp3) is 0.533. The van der Waals surface area contributed by atoms with Gasteiger partial charge in [-0.05, 0) is 5.56 Å². The van der Waals surface area contributed by atoms with Crippen molar-refractivity contribution >= 4 is 16.8 Å². The lowest BCUT2D eigenvalue weighted by Crippen LogP contribution is -2.30. The number of carbonyl (C=O) groups is 1. The topological polar surface area (TPSA) is 55.4 Å². The maximum absolute atomic E-state index is 11.8. The van der Waals surface area contributed by atoms with Crippen molar-refractivity contribution < 1.29 is 13.7 Å². The number of carbonyl (C=O) groups excluding carboxylic acids is 1. The van der Waals surface area contributed by atoms with Gasteiger partial charge in [-0.15, -0.1) is 0 Å². The van der Waals surface area contributed by atoms with Gasteiger partial charge in [0, 0.05) is 35.4 Å². The number of nitrogens with one attached hydrogen (secondary N) is 1. The molecule has 0 saturated heterocycles. The Kier molecular flexibility index (Phi) is 8.14. The van der Waals surface area contributed by atoms with Crippen LogP contribution in [0.15, 0.2) is 30.3 Å². The van der Waals surface area contributed by atoms with Crippen LogP contribution in [0.1, 0.15) is 19.4 Å². The fourth-order valence-corrected chi connectivity index (χ4v) is 2.26. The third kappa shape index (κ3) is 6.82. The Bertz CT molecular complexity index is 422. The molecule has 1 N–H and O–H groups in total. The predicted molar refractivity (Wildman–Crippen MR) is 81.8 cm³/mol. The van der Waals surface area contributed by atoms with Crippen LogP contribution in [0.4, 0.5) is 0 Å². The van der Waals surface area contributed by atoms with Crippen LogP contribution in [-0.2, 0) is 26.9 Å². The first kappa shape index (κ1) is 16.9. The summed E-state index contributed by atoms with van der Waals surface area (Å²) >= 11 is 0. The van der Waals surface area contributed by atoms with Crippen LogP contribution in [-0.4, -0.2) is 34.8 Å². The summed E-state index contributed by atoms with van der Waals surface area (Å²) < 4.78 is 16.5. The molecule has 5 heteroatoms. The number of ether oxygens (including phenoxy) is 1. The third-order valence-electron chi connectivity index (χ3n) is 2.91. The molecular weight excluding hydrogens is 274 g/mol. The Labute approximate surface area is 123 Å². The van der Waals surface area contributed by atoms with Gasteiger partial charge in [-0.1, -0.05) is 44.2 Å². The molecule has 1 rings (SSSR count). The average molecular weight is 297 g/mol. The van der Waals surface area contributed by atoms with Crippen LogP contribution in [0.3, 0.4) is 0 Å². The van der Waals surface area contributed by atoms with Crippen molar-refractivity contribution in [3.05, 3.63) is 35.9 Å². The molecule has 4 nitrogen and oxygen atoms in total. The van der Waals surface area contributed by atoms with E-state index in [4.69, 9.17) is 4.74 Å². The minimum atomic E-state index is -0.759. The Morgan fingerprint density at radius 3 is 2.70 bits per heavy atom. The van der Waals surface area contributed by atoms with Crippen molar-refractivity contribution in [2.24, 2.45) is 5.92 Å². The van der Waals surface area contributed by atoms with Gasteiger partial charge >= 0.3 is 5.97 Å². The van der Waals surface area contributed by atoms with Gasteiger partial charge in [-0.25, -0.2) is 0 Å². The summed E-state index contributed by atoms with van der Waals surface area (Å²) in [4.78, 5) is 11.8. The highest BCUT2D eigenvalue weighted by Gasteiger charge is 2.14. The van der Waals surface area contributed by atoms with Crippen LogP contribution in [0.2, 0.25) is 0 Å². The molecule has 0 heterocycles. The Morgan fingerprint density at radius 1 is 1.35 bits per heavy atom. The van der Waals surface area contributed by atoms with E-state index in [-0.39, 0.29) is 11.9 Å². The largest absolute Gasteiger partial charge is 0.461 e. The quantitative estimate of drug-likeness (QED) is 0.557. The number of esters is 1. The van der Waals surface area contributed by atoms with E-state index in [1.807, 2.05) is 44.2 Å². The van der Waals surface area contributed by atoms with Gasteiger partial charge in [0.2, 0.25) is 0 Å². The first-order valence-electron chi connectivity index (χ1n) is 6.89. The molecule has 0 amide bonds. The lowest BCUT2D eigenvalue weighted by Gasteiger charge is -2.12. The lowest BCUT2D eigenvalue weighted by atomic mass is 10.2. The smallest absolute Gasteiger partial charge is 0.310 e. The molecule has 0 aliphatic rings. The van der Waals surface area contributed by atoms with Crippen LogP contribution in [0.25, 0.3) is 0 Å². The summed E-state index contributed by atoms with van der Waals surface area (Å²) in [6.45, 7) is 5.26. The van der Waals surface area contributed by atoms with Gasteiger partial charge in [0.25, 0.3) is 0 Å². The van der Waals surface area contributed by atoms with Crippen molar-refractivity contribution in [3.63, 3.8) is 0 Å². The highest BCUT2D eigenvalue weighted by molar-refractivity contribution is 7.84. The summed E-state index contributed by atoms with van der Waals surface area (Å²) in [7, 11) is -0.759. The van der Waals surface area contributed by atoms with E-state index in [1.54, 1.807) is 0 Å². The molecule has 1 aromatic rings. The molecule has 0 aromatic heterocycles. The minimum absolute atomic E-state index is 0.200. The second-order valence-electron chi connectivity index (χ2n) is 4.63. The Hall–Kier alpha value is -1.20. The molecule has 1 aromatic carbocycles. The Balaban J connectivity index is 2.17. The van der Waals surface area contributed by atoms with E-state index >= 15 is 0 Å². The maximum atomic E-state index is 11.8. The molecule has 0 aliphatic carbocycles.